The van der Waals surface area contributed by atoms with Gasteiger partial charge in [0, 0.05) is 31.9 Å². The highest BCUT2D eigenvalue weighted by molar-refractivity contribution is 5.92. The lowest BCUT2D eigenvalue weighted by atomic mass is 10.2. The Labute approximate surface area is 201 Å². The molecule has 0 atom stereocenters. The largest absolute Gasteiger partial charge is 0.457 e. The number of ether oxygens (including phenoxy) is 2. The first-order valence-corrected chi connectivity index (χ1v) is 11.1. The second-order valence-electron chi connectivity index (χ2n) is 7.82. The van der Waals surface area contributed by atoms with Crippen molar-refractivity contribution in [2.24, 2.45) is 0 Å². The number of nitrogens with one attached hydrogen (secondary N) is 1. The number of amides is 3. The van der Waals surface area contributed by atoms with Gasteiger partial charge in [0.25, 0.3) is 5.91 Å². The van der Waals surface area contributed by atoms with Crippen molar-refractivity contribution in [3.8, 4) is 11.5 Å². The highest BCUT2D eigenvalue weighted by atomic mass is 19.1. The summed E-state index contributed by atoms with van der Waals surface area (Å²) in [6.45, 7) is 1.09. The SMILES string of the molecule is O=C(OCC(=O)N1CCN(C(=O)Nc2ccccc2)CC1)c1ccc(Oc2ccc(F)cc2)cc1. The van der Waals surface area contributed by atoms with Crippen LogP contribution in [0.3, 0.4) is 0 Å². The zero-order valence-electron chi connectivity index (χ0n) is 18.9. The number of hydrogen-bond donors (Lipinski definition) is 1. The molecule has 0 saturated carbocycles. The van der Waals surface area contributed by atoms with Crippen LogP contribution in [-0.4, -0.2) is 60.5 Å². The Morgan fingerprint density at radius 2 is 1.34 bits per heavy atom. The Balaban J connectivity index is 1.20. The number of carbonyl (C=O) groups excluding carboxylic acids is 3. The van der Waals surface area contributed by atoms with Gasteiger partial charge in [-0.1, -0.05) is 18.2 Å². The number of hydrogen-bond acceptors (Lipinski definition) is 5. The second kappa shape index (κ2) is 11.1. The van der Waals surface area contributed by atoms with E-state index in [9.17, 15) is 18.8 Å². The van der Waals surface area contributed by atoms with Crippen molar-refractivity contribution in [3.63, 3.8) is 0 Å². The molecule has 0 aliphatic carbocycles. The average molecular weight is 477 g/mol. The summed E-state index contributed by atoms with van der Waals surface area (Å²) in [6.07, 6.45) is 0. The van der Waals surface area contributed by atoms with Gasteiger partial charge in [-0.15, -0.1) is 0 Å². The molecule has 8 nitrogen and oxygen atoms in total. The first kappa shape index (κ1) is 23.7. The lowest BCUT2D eigenvalue weighted by molar-refractivity contribution is -0.135. The van der Waals surface area contributed by atoms with Gasteiger partial charge in [-0.2, -0.15) is 0 Å². The minimum Gasteiger partial charge on any atom is -0.457 e. The van der Waals surface area contributed by atoms with Crippen molar-refractivity contribution < 1.29 is 28.2 Å². The number of carbonyl (C=O) groups is 3. The van der Waals surface area contributed by atoms with Crippen molar-refractivity contribution in [3.05, 3.63) is 90.2 Å². The minimum atomic E-state index is -0.632. The maximum absolute atomic E-state index is 13.0. The van der Waals surface area contributed by atoms with Gasteiger partial charge in [0.2, 0.25) is 0 Å². The summed E-state index contributed by atoms with van der Waals surface area (Å²) in [5.41, 5.74) is 0.977. The molecule has 0 spiro atoms. The molecule has 4 rings (SSSR count). The predicted octanol–water partition coefficient (Wildman–Crippen LogP) is 4.15. The molecule has 0 unspecified atom stereocenters. The summed E-state index contributed by atoms with van der Waals surface area (Å²) >= 11 is 0. The van der Waals surface area contributed by atoms with E-state index in [1.54, 1.807) is 34.1 Å². The molecule has 1 fully saturated rings. The standard InChI is InChI=1S/C26H24FN3O5/c27-20-8-12-23(13-9-20)35-22-10-6-19(7-11-22)25(32)34-18-24(31)29-14-16-30(17-15-29)26(33)28-21-4-2-1-3-5-21/h1-13H,14-18H2,(H,28,33). The van der Waals surface area contributed by atoms with E-state index in [2.05, 4.69) is 5.32 Å². The van der Waals surface area contributed by atoms with Gasteiger partial charge in [0.05, 0.1) is 5.56 Å². The lowest BCUT2D eigenvalue weighted by Crippen LogP contribution is -2.52. The van der Waals surface area contributed by atoms with E-state index in [-0.39, 0.29) is 29.9 Å². The fraction of sp³-hybridized carbons (Fsp3) is 0.192. The van der Waals surface area contributed by atoms with E-state index >= 15 is 0 Å². The van der Waals surface area contributed by atoms with E-state index in [0.717, 1.165) is 0 Å². The van der Waals surface area contributed by atoms with E-state index in [1.165, 1.54) is 36.4 Å². The molecule has 1 saturated heterocycles. The zero-order chi connectivity index (χ0) is 24.6. The van der Waals surface area contributed by atoms with Crippen LogP contribution in [-0.2, 0) is 9.53 Å². The summed E-state index contributed by atoms with van der Waals surface area (Å²) in [7, 11) is 0. The molecule has 3 aromatic carbocycles. The summed E-state index contributed by atoms with van der Waals surface area (Å²) in [5.74, 6) is -0.380. The second-order valence-corrected chi connectivity index (χ2v) is 7.82. The van der Waals surface area contributed by atoms with Crippen molar-refractivity contribution in [2.45, 2.75) is 0 Å². The fourth-order valence-electron chi connectivity index (χ4n) is 3.48. The number of halogens is 1. The highest BCUT2D eigenvalue weighted by Crippen LogP contribution is 2.22. The van der Waals surface area contributed by atoms with Crippen LogP contribution in [0.4, 0.5) is 14.9 Å². The summed E-state index contributed by atoms with van der Waals surface area (Å²) in [4.78, 5) is 40.4. The topological polar surface area (TPSA) is 88.2 Å². The van der Waals surface area contributed by atoms with Crippen molar-refractivity contribution >= 4 is 23.6 Å². The Bertz CT molecular complexity index is 1160. The smallest absolute Gasteiger partial charge is 0.338 e. The van der Waals surface area contributed by atoms with Crippen LogP contribution >= 0.6 is 0 Å². The molecule has 180 valence electrons. The van der Waals surface area contributed by atoms with Crippen molar-refractivity contribution in [1.82, 2.24) is 9.80 Å². The minimum absolute atomic E-state index is 0.221. The normalized spacial score (nSPS) is 13.2. The lowest BCUT2D eigenvalue weighted by Gasteiger charge is -2.34. The van der Waals surface area contributed by atoms with Crippen molar-refractivity contribution in [2.75, 3.05) is 38.1 Å². The molecule has 3 amide bonds. The van der Waals surface area contributed by atoms with Crippen LogP contribution in [0.1, 0.15) is 10.4 Å². The molecule has 0 radical (unpaired) electrons. The molecule has 0 bridgehead atoms. The number of esters is 1. The maximum Gasteiger partial charge on any atom is 0.338 e. The number of urea groups is 1. The van der Waals surface area contributed by atoms with E-state index in [0.29, 0.717) is 43.4 Å². The Hall–Kier alpha value is -4.40. The van der Waals surface area contributed by atoms with Gasteiger partial charge in [0.1, 0.15) is 17.3 Å². The first-order chi connectivity index (χ1) is 17.0. The van der Waals surface area contributed by atoms with Crippen LogP contribution in [0, 0.1) is 5.82 Å². The Morgan fingerprint density at radius 3 is 1.97 bits per heavy atom. The van der Waals surface area contributed by atoms with E-state index < -0.39 is 5.97 Å². The number of rotatable bonds is 6. The Kier molecular flexibility index (Phi) is 7.57. The number of para-hydroxylation sites is 1. The third-order valence-corrected chi connectivity index (χ3v) is 5.41. The third kappa shape index (κ3) is 6.57. The molecule has 0 aromatic heterocycles. The van der Waals surface area contributed by atoms with Gasteiger partial charge in [-0.25, -0.2) is 14.0 Å². The number of benzene rings is 3. The first-order valence-electron chi connectivity index (χ1n) is 11.1. The molecular formula is C26H24FN3O5. The summed E-state index contributed by atoms with van der Waals surface area (Å²) in [5, 5.41) is 2.82. The van der Waals surface area contributed by atoms with Gasteiger partial charge in [-0.05, 0) is 60.7 Å². The van der Waals surface area contributed by atoms with Gasteiger partial charge < -0.3 is 24.6 Å². The number of anilines is 1. The molecule has 9 heteroatoms. The summed E-state index contributed by atoms with van der Waals surface area (Å²) < 4.78 is 23.7. The third-order valence-electron chi connectivity index (χ3n) is 5.41. The molecule has 1 heterocycles. The monoisotopic (exact) mass is 477 g/mol. The molecule has 35 heavy (non-hydrogen) atoms. The van der Waals surface area contributed by atoms with Crippen LogP contribution < -0.4 is 10.1 Å². The van der Waals surface area contributed by atoms with Crippen LogP contribution in [0.25, 0.3) is 0 Å². The maximum atomic E-state index is 13.0. The van der Waals surface area contributed by atoms with Crippen LogP contribution in [0.15, 0.2) is 78.9 Å². The zero-order valence-corrected chi connectivity index (χ0v) is 18.9. The molecular weight excluding hydrogens is 453 g/mol. The summed E-state index contributed by atoms with van der Waals surface area (Å²) in [6, 6.07) is 20.7. The Morgan fingerprint density at radius 1 is 0.771 bits per heavy atom. The number of nitrogens with zero attached hydrogens (tertiary/aromatic N) is 2. The molecule has 3 aromatic rings. The van der Waals surface area contributed by atoms with Crippen LogP contribution in [0.2, 0.25) is 0 Å². The highest BCUT2D eigenvalue weighted by Gasteiger charge is 2.25. The van der Waals surface area contributed by atoms with E-state index in [1.807, 2.05) is 18.2 Å². The van der Waals surface area contributed by atoms with Crippen LogP contribution in [0.5, 0.6) is 11.5 Å². The average Bonchev–Trinajstić information content (AvgIpc) is 2.89. The van der Waals surface area contributed by atoms with Gasteiger partial charge in [0.15, 0.2) is 6.61 Å². The molecule has 1 N–H and O–H groups in total. The van der Waals surface area contributed by atoms with E-state index in [4.69, 9.17) is 9.47 Å². The fourth-order valence-corrected chi connectivity index (χ4v) is 3.48. The number of piperazine rings is 1. The quantitative estimate of drug-likeness (QED) is 0.539. The van der Waals surface area contributed by atoms with Crippen molar-refractivity contribution in [1.29, 1.82) is 0 Å². The van der Waals surface area contributed by atoms with Gasteiger partial charge >= 0.3 is 12.0 Å². The van der Waals surface area contributed by atoms with Gasteiger partial charge in [-0.3, -0.25) is 4.79 Å². The molecule has 1 aliphatic rings. The predicted molar refractivity (Wildman–Crippen MR) is 127 cm³/mol. The molecule has 1 aliphatic heterocycles.